The normalized spacial score (nSPS) is 10.7. The number of hydrogen-bond acceptors (Lipinski definition) is 6. The van der Waals surface area contributed by atoms with Crippen LogP contribution >= 0.6 is 23.4 Å². The maximum absolute atomic E-state index is 11.8. The van der Waals surface area contributed by atoms with Crippen LogP contribution in [0.15, 0.2) is 52.5 Å². The van der Waals surface area contributed by atoms with Gasteiger partial charge in [0.15, 0.2) is 0 Å². The zero-order chi connectivity index (χ0) is 19.1. The van der Waals surface area contributed by atoms with E-state index in [0.29, 0.717) is 16.3 Å². The number of rotatable bonds is 7. The Morgan fingerprint density at radius 1 is 1.31 bits per heavy atom. The highest BCUT2D eigenvalue weighted by Gasteiger charge is 2.15. The summed E-state index contributed by atoms with van der Waals surface area (Å²) in [5.74, 6) is -0.0841. The third-order valence-electron chi connectivity index (χ3n) is 3.26. The summed E-state index contributed by atoms with van der Waals surface area (Å²) in [6, 6.07) is 11.9. The van der Waals surface area contributed by atoms with E-state index in [1.807, 2.05) is 12.1 Å². The van der Waals surface area contributed by atoms with Crippen molar-refractivity contribution in [3.05, 3.63) is 63.2 Å². The lowest BCUT2D eigenvalue weighted by atomic mass is 10.2. The number of nitrogens with zero attached hydrogens (tertiary/aromatic N) is 3. The first-order valence-corrected chi connectivity index (χ1v) is 8.89. The Morgan fingerprint density at radius 2 is 2.00 bits per heavy atom. The molecule has 0 unspecified atom stereocenters. The van der Waals surface area contributed by atoms with Crippen LogP contribution in [0.4, 0.5) is 11.4 Å². The maximum Gasteiger partial charge on any atom is 0.293 e. The quantitative estimate of drug-likeness (QED) is 0.337. The minimum absolute atomic E-state index is 0.0245. The van der Waals surface area contributed by atoms with Gasteiger partial charge in [-0.15, -0.1) is 11.8 Å². The smallest absolute Gasteiger partial charge is 0.293 e. The predicted molar refractivity (Wildman–Crippen MR) is 105 cm³/mol. The van der Waals surface area contributed by atoms with E-state index >= 15 is 0 Å². The number of nitrogens with one attached hydrogen (secondary N) is 1. The van der Waals surface area contributed by atoms with Gasteiger partial charge in [-0.05, 0) is 30.3 Å². The third kappa shape index (κ3) is 5.75. The van der Waals surface area contributed by atoms with Crippen LogP contribution in [-0.2, 0) is 4.79 Å². The molecule has 0 aliphatic heterocycles. The molecular formula is C17H17ClN4O3S. The fraction of sp³-hybridized carbons (Fsp3) is 0.176. The molecule has 0 aromatic heterocycles. The van der Waals surface area contributed by atoms with Crippen LogP contribution in [0.2, 0.25) is 5.02 Å². The first-order valence-electron chi connectivity index (χ1n) is 7.53. The van der Waals surface area contributed by atoms with E-state index in [0.717, 1.165) is 4.90 Å². The number of carbonyl (C=O) groups is 1. The summed E-state index contributed by atoms with van der Waals surface area (Å²) in [7, 11) is 3.46. The monoisotopic (exact) mass is 392 g/mol. The number of carbonyl (C=O) groups excluding carboxylic acids is 1. The van der Waals surface area contributed by atoms with Crippen LogP contribution in [0.3, 0.4) is 0 Å². The number of anilines is 1. The van der Waals surface area contributed by atoms with Crippen molar-refractivity contribution in [3.8, 4) is 0 Å². The van der Waals surface area contributed by atoms with Gasteiger partial charge in [-0.3, -0.25) is 14.9 Å². The number of halogens is 1. The molecule has 2 aromatic carbocycles. The lowest BCUT2D eigenvalue weighted by molar-refractivity contribution is -0.384. The molecule has 26 heavy (non-hydrogen) atoms. The topological polar surface area (TPSA) is 87.8 Å². The fourth-order valence-electron chi connectivity index (χ4n) is 2.04. The molecule has 0 saturated heterocycles. The lowest BCUT2D eigenvalue weighted by Gasteiger charge is -2.12. The van der Waals surface area contributed by atoms with Gasteiger partial charge in [-0.1, -0.05) is 17.7 Å². The maximum atomic E-state index is 11.8. The van der Waals surface area contributed by atoms with Crippen LogP contribution in [0, 0.1) is 10.1 Å². The minimum Gasteiger partial charge on any atom is -0.372 e. The summed E-state index contributed by atoms with van der Waals surface area (Å²) in [6.45, 7) is 0. The van der Waals surface area contributed by atoms with Crippen molar-refractivity contribution >= 4 is 46.9 Å². The summed E-state index contributed by atoms with van der Waals surface area (Å²) in [6.07, 6.45) is 1.37. The Bertz CT molecular complexity index is 825. The SMILES string of the molecule is CN(C)c1ccc(/C=N\NC(=O)CSc2ccc(Cl)cc2)cc1[N+](=O)[O-]. The van der Waals surface area contributed by atoms with Crippen LogP contribution in [0.5, 0.6) is 0 Å². The molecule has 0 radical (unpaired) electrons. The first-order chi connectivity index (χ1) is 12.4. The van der Waals surface area contributed by atoms with E-state index in [2.05, 4.69) is 10.5 Å². The second-order valence-electron chi connectivity index (χ2n) is 5.44. The molecule has 2 rings (SSSR count). The molecule has 0 fully saturated rings. The van der Waals surface area contributed by atoms with Crippen LogP contribution < -0.4 is 10.3 Å². The average Bonchev–Trinajstić information content (AvgIpc) is 2.61. The van der Waals surface area contributed by atoms with E-state index in [4.69, 9.17) is 11.6 Å². The van der Waals surface area contributed by atoms with E-state index in [-0.39, 0.29) is 17.3 Å². The summed E-state index contributed by atoms with van der Waals surface area (Å²) in [5, 5.41) is 15.6. The summed E-state index contributed by atoms with van der Waals surface area (Å²) in [4.78, 5) is 25.1. The standard InChI is InChI=1S/C17H17ClN4O3S/c1-21(2)15-8-3-12(9-16(15)22(24)25)10-19-20-17(23)11-26-14-6-4-13(18)5-7-14/h3-10H,11H2,1-2H3,(H,20,23)/b19-10-. The van der Waals surface area contributed by atoms with Crippen LogP contribution in [-0.4, -0.2) is 36.9 Å². The molecule has 0 bridgehead atoms. The van der Waals surface area contributed by atoms with Crippen molar-refractivity contribution in [1.82, 2.24) is 5.43 Å². The highest BCUT2D eigenvalue weighted by atomic mass is 35.5. The number of thioether (sulfide) groups is 1. The van der Waals surface area contributed by atoms with Gasteiger partial charge in [0.1, 0.15) is 5.69 Å². The summed E-state index contributed by atoms with van der Waals surface area (Å²) in [5.41, 5.74) is 3.39. The molecule has 1 N–H and O–H groups in total. The van der Waals surface area contributed by atoms with Crippen molar-refractivity contribution in [2.24, 2.45) is 5.10 Å². The van der Waals surface area contributed by atoms with Crippen molar-refractivity contribution in [2.45, 2.75) is 4.90 Å². The highest BCUT2D eigenvalue weighted by molar-refractivity contribution is 8.00. The van der Waals surface area contributed by atoms with E-state index in [1.54, 1.807) is 43.3 Å². The molecule has 0 spiro atoms. The molecule has 0 aliphatic rings. The fourth-order valence-corrected chi connectivity index (χ4v) is 2.85. The molecule has 0 aliphatic carbocycles. The molecule has 1 amide bonds. The van der Waals surface area contributed by atoms with E-state index in [9.17, 15) is 14.9 Å². The Labute approximate surface area is 160 Å². The van der Waals surface area contributed by atoms with E-state index < -0.39 is 4.92 Å². The summed E-state index contributed by atoms with van der Waals surface area (Å²) >= 11 is 7.16. The summed E-state index contributed by atoms with van der Waals surface area (Å²) < 4.78 is 0. The number of amides is 1. The molecule has 0 heterocycles. The second kappa shape index (κ2) is 9.21. The molecule has 136 valence electrons. The number of hydrazone groups is 1. The van der Waals surface area contributed by atoms with Crippen molar-refractivity contribution < 1.29 is 9.72 Å². The number of nitro benzene ring substituents is 1. The Balaban J connectivity index is 1.93. The molecule has 0 saturated carbocycles. The molecule has 7 nitrogen and oxygen atoms in total. The number of benzene rings is 2. The van der Waals surface area contributed by atoms with Crippen LogP contribution in [0.25, 0.3) is 0 Å². The second-order valence-corrected chi connectivity index (χ2v) is 6.92. The van der Waals surface area contributed by atoms with Crippen molar-refractivity contribution in [3.63, 3.8) is 0 Å². The molecular weight excluding hydrogens is 376 g/mol. The lowest BCUT2D eigenvalue weighted by Crippen LogP contribution is -2.19. The van der Waals surface area contributed by atoms with Crippen molar-refractivity contribution in [1.29, 1.82) is 0 Å². The van der Waals surface area contributed by atoms with Gasteiger partial charge >= 0.3 is 0 Å². The molecule has 9 heteroatoms. The van der Waals surface area contributed by atoms with Gasteiger partial charge in [0, 0.05) is 35.6 Å². The number of nitro groups is 1. The van der Waals surface area contributed by atoms with Gasteiger partial charge in [-0.25, -0.2) is 5.43 Å². The number of hydrogen-bond donors (Lipinski definition) is 1. The van der Waals surface area contributed by atoms with E-state index in [1.165, 1.54) is 24.0 Å². The zero-order valence-electron chi connectivity index (χ0n) is 14.2. The van der Waals surface area contributed by atoms with Gasteiger partial charge in [-0.2, -0.15) is 5.10 Å². The first kappa shape index (κ1) is 19.7. The Kier molecular flexibility index (Phi) is 6.99. The molecule has 2 aromatic rings. The zero-order valence-corrected chi connectivity index (χ0v) is 15.8. The third-order valence-corrected chi connectivity index (χ3v) is 4.53. The Hall–Kier alpha value is -2.58. The predicted octanol–water partition coefficient (Wildman–Crippen LogP) is 3.56. The highest BCUT2D eigenvalue weighted by Crippen LogP contribution is 2.27. The van der Waals surface area contributed by atoms with Gasteiger partial charge < -0.3 is 4.90 Å². The van der Waals surface area contributed by atoms with Crippen molar-refractivity contribution in [2.75, 3.05) is 24.7 Å². The van der Waals surface area contributed by atoms with Gasteiger partial charge in [0.05, 0.1) is 16.9 Å². The minimum atomic E-state index is -0.450. The van der Waals surface area contributed by atoms with Gasteiger partial charge in [0.2, 0.25) is 5.91 Å². The largest absolute Gasteiger partial charge is 0.372 e. The van der Waals surface area contributed by atoms with Gasteiger partial charge in [0.25, 0.3) is 5.69 Å². The van der Waals surface area contributed by atoms with Crippen LogP contribution in [0.1, 0.15) is 5.56 Å². The average molecular weight is 393 g/mol. The molecule has 0 atom stereocenters. The Morgan fingerprint density at radius 3 is 2.62 bits per heavy atom.